The van der Waals surface area contributed by atoms with Crippen LogP contribution < -0.4 is 5.32 Å². The summed E-state index contributed by atoms with van der Waals surface area (Å²) in [7, 11) is 1.82. The smallest absolute Gasteiger partial charge is 0.239 e. The minimum absolute atomic E-state index is 0.131. The highest BCUT2D eigenvalue weighted by molar-refractivity contribution is 5.81. The van der Waals surface area contributed by atoms with Crippen molar-refractivity contribution >= 4 is 11.8 Å². The molecule has 6 heteroatoms. The predicted molar refractivity (Wildman–Crippen MR) is 101 cm³/mol. The fraction of sp³-hybridized carbons (Fsp3) is 0.650. The zero-order valence-corrected chi connectivity index (χ0v) is 15.9. The SMILES string of the molecule is CN[C@@H](C)C(=O)N1CCC2(CCC(=O)N(CCc3ccncc3)C2)CC1. The Hall–Kier alpha value is -1.95. The van der Waals surface area contributed by atoms with Crippen molar-refractivity contribution < 1.29 is 9.59 Å². The van der Waals surface area contributed by atoms with Crippen LogP contribution in [0.15, 0.2) is 24.5 Å². The molecular weight excluding hydrogens is 328 g/mol. The van der Waals surface area contributed by atoms with Crippen molar-refractivity contribution in [1.82, 2.24) is 20.1 Å². The molecule has 2 fully saturated rings. The number of piperidine rings is 2. The molecule has 0 aromatic carbocycles. The second-order valence-electron chi connectivity index (χ2n) is 7.76. The fourth-order valence-corrected chi connectivity index (χ4v) is 4.13. The van der Waals surface area contributed by atoms with Gasteiger partial charge in [0, 0.05) is 45.0 Å². The maximum Gasteiger partial charge on any atom is 0.239 e. The predicted octanol–water partition coefficient (Wildman–Crippen LogP) is 1.46. The molecule has 3 heterocycles. The first kappa shape index (κ1) is 18.8. The lowest BCUT2D eigenvalue weighted by Crippen LogP contribution is -2.54. The minimum Gasteiger partial charge on any atom is -0.342 e. The third-order valence-electron chi connectivity index (χ3n) is 6.11. The number of carbonyl (C=O) groups is 2. The lowest BCUT2D eigenvalue weighted by Gasteiger charge is -2.47. The highest BCUT2D eigenvalue weighted by Crippen LogP contribution is 2.40. The first-order valence-corrected chi connectivity index (χ1v) is 9.66. The number of nitrogens with zero attached hydrogens (tertiary/aromatic N) is 3. The van der Waals surface area contributed by atoms with Gasteiger partial charge in [0.25, 0.3) is 0 Å². The number of amides is 2. The molecule has 6 nitrogen and oxygen atoms in total. The zero-order valence-electron chi connectivity index (χ0n) is 15.9. The number of pyridine rings is 1. The zero-order chi connectivity index (χ0) is 18.6. The first-order valence-electron chi connectivity index (χ1n) is 9.66. The molecule has 1 aromatic rings. The van der Waals surface area contributed by atoms with Crippen LogP contribution in [0, 0.1) is 5.41 Å². The van der Waals surface area contributed by atoms with Gasteiger partial charge < -0.3 is 15.1 Å². The van der Waals surface area contributed by atoms with Gasteiger partial charge in [0.2, 0.25) is 11.8 Å². The molecule has 2 aliphatic heterocycles. The Balaban J connectivity index is 1.56. The monoisotopic (exact) mass is 358 g/mol. The van der Waals surface area contributed by atoms with Crippen molar-refractivity contribution in [3.05, 3.63) is 30.1 Å². The minimum atomic E-state index is -0.131. The summed E-state index contributed by atoms with van der Waals surface area (Å²) in [4.78, 5) is 32.8. The molecule has 1 N–H and O–H groups in total. The van der Waals surface area contributed by atoms with E-state index in [9.17, 15) is 9.59 Å². The summed E-state index contributed by atoms with van der Waals surface area (Å²) in [5.41, 5.74) is 1.40. The Morgan fingerprint density at radius 2 is 1.96 bits per heavy atom. The van der Waals surface area contributed by atoms with Crippen LogP contribution >= 0.6 is 0 Å². The van der Waals surface area contributed by atoms with Crippen molar-refractivity contribution in [2.75, 3.05) is 33.2 Å². The van der Waals surface area contributed by atoms with Crippen molar-refractivity contribution in [2.24, 2.45) is 5.41 Å². The number of hydrogen-bond acceptors (Lipinski definition) is 4. The number of likely N-dealkylation sites (tertiary alicyclic amines) is 2. The van der Waals surface area contributed by atoms with Crippen LogP contribution in [-0.2, 0) is 16.0 Å². The topological polar surface area (TPSA) is 65.5 Å². The summed E-state index contributed by atoms with van der Waals surface area (Å²) < 4.78 is 0. The number of carbonyl (C=O) groups excluding carboxylic acids is 2. The third-order valence-corrected chi connectivity index (χ3v) is 6.11. The highest BCUT2D eigenvalue weighted by atomic mass is 16.2. The summed E-state index contributed by atoms with van der Waals surface area (Å²) in [5, 5.41) is 3.03. The van der Waals surface area contributed by atoms with E-state index in [0.717, 1.165) is 51.9 Å². The maximum atomic E-state index is 12.4. The molecule has 142 valence electrons. The molecular formula is C20H30N4O2. The van der Waals surface area contributed by atoms with Gasteiger partial charge >= 0.3 is 0 Å². The van der Waals surface area contributed by atoms with E-state index >= 15 is 0 Å². The molecule has 26 heavy (non-hydrogen) atoms. The van der Waals surface area contributed by atoms with Crippen LogP contribution in [0.4, 0.5) is 0 Å². The van der Waals surface area contributed by atoms with Gasteiger partial charge in [0.15, 0.2) is 0 Å². The summed E-state index contributed by atoms with van der Waals surface area (Å²) in [6.07, 6.45) is 8.05. The molecule has 0 aliphatic carbocycles. The molecule has 3 rings (SSSR count). The van der Waals surface area contributed by atoms with Gasteiger partial charge in [-0.15, -0.1) is 0 Å². The summed E-state index contributed by atoms with van der Waals surface area (Å²) in [6.45, 7) is 5.12. The van der Waals surface area contributed by atoms with Gasteiger partial charge in [-0.25, -0.2) is 0 Å². The number of hydrogen-bond donors (Lipinski definition) is 1. The normalized spacial score (nSPS) is 21.1. The van der Waals surface area contributed by atoms with E-state index < -0.39 is 0 Å². The van der Waals surface area contributed by atoms with E-state index in [2.05, 4.69) is 10.3 Å². The number of aromatic nitrogens is 1. The van der Waals surface area contributed by atoms with Crippen molar-refractivity contribution in [2.45, 2.75) is 45.1 Å². The lowest BCUT2D eigenvalue weighted by atomic mass is 9.72. The van der Waals surface area contributed by atoms with E-state index in [0.29, 0.717) is 6.42 Å². The molecule has 0 unspecified atom stereocenters. The number of rotatable bonds is 5. The van der Waals surface area contributed by atoms with Gasteiger partial charge in [-0.3, -0.25) is 14.6 Å². The summed E-state index contributed by atoms with van der Waals surface area (Å²) in [5.74, 6) is 0.454. The van der Waals surface area contributed by atoms with E-state index in [1.54, 1.807) is 12.4 Å². The Morgan fingerprint density at radius 3 is 2.62 bits per heavy atom. The molecule has 2 aliphatic rings. The van der Waals surface area contributed by atoms with Crippen LogP contribution in [0.1, 0.15) is 38.2 Å². The van der Waals surface area contributed by atoms with Gasteiger partial charge in [-0.05, 0) is 62.8 Å². The van der Waals surface area contributed by atoms with Gasteiger partial charge in [0.1, 0.15) is 0 Å². The van der Waals surface area contributed by atoms with Crippen LogP contribution in [-0.4, -0.2) is 65.9 Å². The molecule has 1 spiro atoms. The average molecular weight is 358 g/mol. The standard InChI is InChI=1S/C20H30N4O2/c1-16(21-2)19(26)23-13-8-20(9-14-23)7-3-18(25)24(15-20)12-6-17-4-10-22-11-5-17/h4-5,10-11,16,21H,3,6-9,12-15H2,1-2H3/t16-/m0/s1. The van der Waals surface area contributed by atoms with E-state index in [1.807, 2.05) is 35.9 Å². The quantitative estimate of drug-likeness (QED) is 0.866. The Kier molecular flexibility index (Phi) is 5.91. The molecule has 2 saturated heterocycles. The molecule has 1 atom stereocenters. The fourth-order valence-electron chi connectivity index (χ4n) is 4.13. The molecule has 0 saturated carbocycles. The highest BCUT2D eigenvalue weighted by Gasteiger charge is 2.41. The summed E-state index contributed by atoms with van der Waals surface area (Å²) in [6, 6.07) is 3.89. The van der Waals surface area contributed by atoms with Crippen LogP contribution in [0.2, 0.25) is 0 Å². The van der Waals surface area contributed by atoms with Crippen LogP contribution in [0.3, 0.4) is 0 Å². The second kappa shape index (κ2) is 8.16. The second-order valence-corrected chi connectivity index (χ2v) is 7.76. The largest absolute Gasteiger partial charge is 0.342 e. The molecule has 0 bridgehead atoms. The summed E-state index contributed by atoms with van der Waals surface area (Å²) >= 11 is 0. The van der Waals surface area contributed by atoms with Gasteiger partial charge in [0.05, 0.1) is 6.04 Å². The Labute approximate surface area is 156 Å². The molecule has 0 radical (unpaired) electrons. The van der Waals surface area contributed by atoms with Crippen LogP contribution in [0.5, 0.6) is 0 Å². The van der Waals surface area contributed by atoms with E-state index in [4.69, 9.17) is 0 Å². The molecule has 2 amide bonds. The third kappa shape index (κ3) is 4.23. The molecule has 1 aromatic heterocycles. The average Bonchev–Trinajstić information content (AvgIpc) is 2.69. The van der Waals surface area contributed by atoms with Crippen molar-refractivity contribution in [3.63, 3.8) is 0 Å². The lowest BCUT2D eigenvalue weighted by molar-refractivity contribution is -0.143. The Bertz CT molecular complexity index is 626. The van der Waals surface area contributed by atoms with Gasteiger partial charge in [-0.1, -0.05) is 0 Å². The van der Waals surface area contributed by atoms with Crippen molar-refractivity contribution in [3.8, 4) is 0 Å². The number of likely N-dealkylation sites (N-methyl/N-ethyl adjacent to an activating group) is 1. The Morgan fingerprint density at radius 1 is 1.27 bits per heavy atom. The number of nitrogens with one attached hydrogen (secondary N) is 1. The van der Waals surface area contributed by atoms with E-state index in [-0.39, 0.29) is 23.3 Å². The van der Waals surface area contributed by atoms with Crippen LogP contribution in [0.25, 0.3) is 0 Å². The first-order chi connectivity index (χ1) is 12.5. The van der Waals surface area contributed by atoms with Gasteiger partial charge in [-0.2, -0.15) is 0 Å². The van der Waals surface area contributed by atoms with Crippen molar-refractivity contribution in [1.29, 1.82) is 0 Å². The maximum absolute atomic E-state index is 12.4. The van der Waals surface area contributed by atoms with E-state index in [1.165, 1.54) is 5.56 Å².